The second-order valence-electron chi connectivity index (χ2n) is 6.34. The zero-order chi connectivity index (χ0) is 18.2. The molecule has 3 rings (SSSR count). The number of ether oxygens (including phenoxy) is 1. The van der Waals surface area contributed by atoms with Gasteiger partial charge in [-0.15, -0.1) is 0 Å². The Kier molecular flexibility index (Phi) is 5.68. The maximum Gasteiger partial charge on any atom is 0.243 e. The lowest BCUT2D eigenvalue weighted by atomic mass is 10.2. The number of hydrogen-bond donors (Lipinski definition) is 0. The highest BCUT2D eigenvalue weighted by Crippen LogP contribution is 2.30. The number of sulfone groups is 1. The van der Waals surface area contributed by atoms with Crippen LogP contribution in [0.15, 0.2) is 23.1 Å². The third-order valence-electron chi connectivity index (χ3n) is 4.52. The second kappa shape index (κ2) is 7.32. The van der Waals surface area contributed by atoms with Crippen molar-refractivity contribution in [3.63, 3.8) is 0 Å². The summed E-state index contributed by atoms with van der Waals surface area (Å²) in [5.41, 5.74) is 0. The van der Waals surface area contributed by atoms with E-state index in [4.69, 9.17) is 27.9 Å². The summed E-state index contributed by atoms with van der Waals surface area (Å²) in [5.74, 6) is -0.170. The van der Waals surface area contributed by atoms with Crippen LogP contribution in [0.2, 0.25) is 10.0 Å². The number of nitrogens with zero attached hydrogens (tertiary/aromatic N) is 1. The average Bonchev–Trinajstić information content (AvgIpc) is 3.16. The normalized spacial score (nSPS) is 26.4. The predicted molar refractivity (Wildman–Crippen MR) is 96.4 cm³/mol. The van der Waals surface area contributed by atoms with Crippen LogP contribution < -0.4 is 0 Å². The lowest BCUT2D eigenvalue weighted by Crippen LogP contribution is -2.45. The first-order valence-electron chi connectivity index (χ1n) is 7.98. The van der Waals surface area contributed by atoms with Crippen molar-refractivity contribution in [3.8, 4) is 0 Å². The highest BCUT2D eigenvalue weighted by molar-refractivity contribution is 7.92. The molecule has 1 aromatic rings. The maximum atomic E-state index is 13.2. The molecule has 0 spiro atoms. The van der Waals surface area contributed by atoms with Gasteiger partial charge in [-0.2, -0.15) is 4.31 Å². The smallest absolute Gasteiger partial charge is 0.243 e. The van der Waals surface area contributed by atoms with Crippen LogP contribution in [0, 0.1) is 0 Å². The molecule has 0 N–H and O–H groups in total. The molecule has 0 bridgehead atoms. The predicted octanol–water partition coefficient (Wildman–Crippen LogP) is 2.35. The van der Waals surface area contributed by atoms with Gasteiger partial charge in [0.2, 0.25) is 10.0 Å². The highest BCUT2D eigenvalue weighted by atomic mass is 35.5. The van der Waals surface area contributed by atoms with E-state index in [-0.39, 0.29) is 45.5 Å². The molecule has 0 amide bonds. The van der Waals surface area contributed by atoms with Gasteiger partial charge in [0, 0.05) is 19.2 Å². The van der Waals surface area contributed by atoms with Crippen molar-refractivity contribution in [2.45, 2.75) is 36.3 Å². The van der Waals surface area contributed by atoms with E-state index in [0.717, 1.165) is 12.8 Å². The van der Waals surface area contributed by atoms with Gasteiger partial charge in [-0.3, -0.25) is 0 Å². The quantitative estimate of drug-likeness (QED) is 0.719. The largest absolute Gasteiger partial charge is 0.377 e. The molecule has 2 atom stereocenters. The molecule has 2 aliphatic heterocycles. The van der Waals surface area contributed by atoms with Gasteiger partial charge in [-0.1, -0.05) is 23.2 Å². The van der Waals surface area contributed by atoms with Gasteiger partial charge < -0.3 is 4.74 Å². The Labute approximate surface area is 158 Å². The zero-order valence-corrected chi connectivity index (χ0v) is 16.5. The van der Waals surface area contributed by atoms with Gasteiger partial charge in [0.25, 0.3) is 0 Å². The Hall–Kier alpha value is -0.380. The molecule has 2 heterocycles. The van der Waals surface area contributed by atoms with Crippen molar-refractivity contribution >= 4 is 43.1 Å². The molecule has 0 aromatic heterocycles. The molecule has 0 unspecified atom stereocenters. The van der Waals surface area contributed by atoms with Gasteiger partial charge in [0.15, 0.2) is 9.84 Å². The molecule has 2 aliphatic rings. The van der Waals surface area contributed by atoms with Gasteiger partial charge in [0.1, 0.15) is 0 Å². The number of sulfonamides is 1. The van der Waals surface area contributed by atoms with Crippen molar-refractivity contribution in [1.29, 1.82) is 0 Å². The number of halogens is 2. The first-order chi connectivity index (χ1) is 11.7. The Morgan fingerprint density at radius 1 is 1.20 bits per heavy atom. The summed E-state index contributed by atoms with van der Waals surface area (Å²) in [4.78, 5) is 0.00388. The molecule has 2 fully saturated rings. The summed E-state index contributed by atoms with van der Waals surface area (Å²) in [7, 11) is -7.14. The lowest BCUT2D eigenvalue weighted by Gasteiger charge is -2.29. The fraction of sp³-hybridized carbons (Fsp3) is 0.600. The first kappa shape index (κ1) is 19.4. The fourth-order valence-electron chi connectivity index (χ4n) is 3.21. The highest BCUT2D eigenvalue weighted by Gasteiger charge is 2.40. The molecule has 25 heavy (non-hydrogen) atoms. The maximum absolute atomic E-state index is 13.2. The number of benzene rings is 1. The summed E-state index contributed by atoms with van der Waals surface area (Å²) >= 11 is 11.8. The standard InChI is InChI=1S/C15H19Cl2NO5S2/c16-14-4-3-13(8-15(14)17)25(21,22)18(9-12-2-1-6-23-12)11-5-7-24(19,20)10-11/h3-4,8,11-12H,1-2,5-7,9-10H2/t11-,12-/m1/s1. The fourth-order valence-corrected chi connectivity index (χ4v) is 7.11. The van der Waals surface area contributed by atoms with Crippen molar-refractivity contribution in [2.75, 3.05) is 24.7 Å². The van der Waals surface area contributed by atoms with Crippen LogP contribution >= 0.6 is 23.2 Å². The van der Waals surface area contributed by atoms with E-state index in [0.29, 0.717) is 6.61 Å². The molecule has 140 valence electrons. The molecule has 0 radical (unpaired) electrons. The average molecular weight is 428 g/mol. The van der Waals surface area contributed by atoms with E-state index in [1.807, 2.05) is 0 Å². The van der Waals surface area contributed by atoms with Gasteiger partial charge in [0.05, 0.1) is 32.6 Å². The molecule has 1 aromatic carbocycles. The molecule has 0 aliphatic carbocycles. The molecular weight excluding hydrogens is 409 g/mol. The summed E-state index contributed by atoms with van der Waals surface area (Å²) < 4.78 is 56.9. The molecule has 10 heteroatoms. The Morgan fingerprint density at radius 2 is 1.96 bits per heavy atom. The Balaban J connectivity index is 1.95. The molecule has 2 saturated heterocycles. The molecule has 0 saturated carbocycles. The van der Waals surface area contributed by atoms with Gasteiger partial charge in [-0.05, 0) is 37.5 Å². The van der Waals surface area contributed by atoms with Crippen LogP contribution in [-0.2, 0) is 24.6 Å². The number of rotatable bonds is 5. The van der Waals surface area contributed by atoms with Gasteiger partial charge >= 0.3 is 0 Å². The van der Waals surface area contributed by atoms with E-state index in [9.17, 15) is 16.8 Å². The van der Waals surface area contributed by atoms with E-state index in [1.165, 1.54) is 22.5 Å². The monoisotopic (exact) mass is 427 g/mol. The SMILES string of the molecule is O=S1(=O)CC[C@@H](N(C[C@H]2CCCO2)S(=O)(=O)c2ccc(Cl)c(Cl)c2)C1. The van der Waals surface area contributed by atoms with E-state index < -0.39 is 25.9 Å². The van der Waals surface area contributed by atoms with Crippen LogP contribution in [0.1, 0.15) is 19.3 Å². The van der Waals surface area contributed by atoms with Crippen LogP contribution in [0.25, 0.3) is 0 Å². The summed E-state index contributed by atoms with van der Waals surface area (Å²) in [6.07, 6.45) is 1.69. The van der Waals surface area contributed by atoms with E-state index in [1.54, 1.807) is 0 Å². The van der Waals surface area contributed by atoms with Crippen molar-refractivity contribution < 1.29 is 21.6 Å². The minimum atomic E-state index is -3.92. The van der Waals surface area contributed by atoms with Crippen LogP contribution in [0.4, 0.5) is 0 Å². The van der Waals surface area contributed by atoms with Crippen LogP contribution in [0.5, 0.6) is 0 Å². The Morgan fingerprint density at radius 3 is 2.52 bits per heavy atom. The first-order valence-corrected chi connectivity index (χ1v) is 12.0. The third-order valence-corrected chi connectivity index (χ3v) is 8.92. The summed E-state index contributed by atoms with van der Waals surface area (Å²) in [5, 5.41) is 0.397. The van der Waals surface area contributed by atoms with E-state index in [2.05, 4.69) is 0 Å². The lowest BCUT2D eigenvalue weighted by molar-refractivity contribution is 0.0877. The van der Waals surface area contributed by atoms with Gasteiger partial charge in [-0.25, -0.2) is 16.8 Å². The van der Waals surface area contributed by atoms with Crippen molar-refractivity contribution in [3.05, 3.63) is 28.2 Å². The molecular formula is C15H19Cl2NO5S2. The van der Waals surface area contributed by atoms with Crippen LogP contribution in [-0.4, -0.2) is 57.9 Å². The van der Waals surface area contributed by atoms with E-state index >= 15 is 0 Å². The topological polar surface area (TPSA) is 80.8 Å². The van der Waals surface area contributed by atoms with Crippen molar-refractivity contribution in [1.82, 2.24) is 4.31 Å². The minimum absolute atomic E-state index is 0.00339. The van der Waals surface area contributed by atoms with Crippen molar-refractivity contribution in [2.24, 2.45) is 0 Å². The second-order valence-corrected chi connectivity index (χ2v) is 11.3. The Bertz CT molecular complexity index is 851. The van der Waals surface area contributed by atoms with Crippen LogP contribution in [0.3, 0.4) is 0 Å². The summed E-state index contributed by atoms with van der Waals surface area (Å²) in [6.45, 7) is 0.733. The zero-order valence-electron chi connectivity index (χ0n) is 13.4. The summed E-state index contributed by atoms with van der Waals surface area (Å²) in [6, 6.07) is 3.52. The third kappa shape index (κ3) is 4.31. The number of hydrogen-bond acceptors (Lipinski definition) is 5. The molecule has 6 nitrogen and oxygen atoms in total. The minimum Gasteiger partial charge on any atom is -0.377 e.